The minimum atomic E-state index is -0.534. The van der Waals surface area contributed by atoms with Crippen molar-refractivity contribution in [3.8, 4) is 0 Å². The number of hydrogen-bond acceptors (Lipinski definition) is 4. The molecule has 0 saturated heterocycles. The summed E-state index contributed by atoms with van der Waals surface area (Å²) < 4.78 is 9.80. The van der Waals surface area contributed by atoms with Crippen molar-refractivity contribution >= 4 is 5.97 Å². The van der Waals surface area contributed by atoms with Crippen molar-refractivity contribution in [3.05, 3.63) is 30.1 Å². The fourth-order valence-electron chi connectivity index (χ4n) is 0.934. The zero-order valence-electron chi connectivity index (χ0n) is 8.27. The molecule has 1 aromatic rings. The minimum absolute atomic E-state index is 0.362. The number of nitrogens with zero attached hydrogens (tertiary/aromatic N) is 1. The van der Waals surface area contributed by atoms with Crippen LogP contribution in [0.1, 0.15) is 12.5 Å². The molecule has 0 N–H and O–H groups in total. The molecule has 0 spiro atoms. The molecule has 0 unspecified atom stereocenters. The van der Waals surface area contributed by atoms with E-state index in [9.17, 15) is 4.79 Å². The maximum absolute atomic E-state index is 11.0. The van der Waals surface area contributed by atoms with Gasteiger partial charge in [-0.3, -0.25) is 4.98 Å². The molecule has 0 aromatic carbocycles. The Labute approximate surface area is 82.9 Å². The summed E-state index contributed by atoms with van der Waals surface area (Å²) >= 11 is 0. The standard InChI is InChI=1S/C10H13NO3/c1-8(10(12)13-2)14-7-9-3-5-11-6-4-9/h3-6,8H,7H2,1-2H3/t8-/m1/s1. The summed E-state index contributed by atoms with van der Waals surface area (Å²) in [4.78, 5) is 14.9. The van der Waals surface area contributed by atoms with Crippen LogP contribution in [0.15, 0.2) is 24.5 Å². The Morgan fingerprint density at radius 2 is 2.14 bits per heavy atom. The van der Waals surface area contributed by atoms with Crippen molar-refractivity contribution in [2.24, 2.45) is 0 Å². The molecule has 4 nitrogen and oxygen atoms in total. The lowest BCUT2D eigenvalue weighted by molar-refractivity contribution is -0.153. The second kappa shape index (κ2) is 5.34. The van der Waals surface area contributed by atoms with Crippen molar-refractivity contribution in [1.29, 1.82) is 0 Å². The van der Waals surface area contributed by atoms with E-state index in [1.807, 2.05) is 12.1 Å². The Morgan fingerprint density at radius 1 is 1.50 bits per heavy atom. The van der Waals surface area contributed by atoms with Gasteiger partial charge in [-0.25, -0.2) is 4.79 Å². The first-order valence-electron chi connectivity index (χ1n) is 4.32. The molecule has 0 radical (unpaired) electrons. The molecule has 4 heteroatoms. The van der Waals surface area contributed by atoms with Gasteiger partial charge < -0.3 is 9.47 Å². The van der Waals surface area contributed by atoms with E-state index in [0.717, 1.165) is 5.56 Å². The normalized spacial score (nSPS) is 12.1. The average Bonchev–Trinajstić information content (AvgIpc) is 2.26. The Balaban J connectivity index is 2.38. The van der Waals surface area contributed by atoms with Crippen LogP contribution < -0.4 is 0 Å². The lowest BCUT2D eigenvalue weighted by Crippen LogP contribution is -2.21. The highest BCUT2D eigenvalue weighted by atomic mass is 16.6. The Morgan fingerprint density at radius 3 is 2.71 bits per heavy atom. The lowest BCUT2D eigenvalue weighted by atomic mass is 10.3. The summed E-state index contributed by atoms with van der Waals surface area (Å²) in [5, 5.41) is 0. The molecular formula is C10H13NO3. The summed E-state index contributed by atoms with van der Waals surface area (Å²) in [7, 11) is 1.34. The van der Waals surface area contributed by atoms with Crippen molar-refractivity contribution in [2.45, 2.75) is 19.6 Å². The van der Waals surface area contributed by atoms with Gasteiger partial charge in [0, 0.05) is 12.4 Å². The molecular weight excluding hydrogens is 182 g/mol. The summed E-state index contributed by atoms with van der Waals surface area (Å²) in [6, 6.07) is 3.67. The molecule has 14 heavy (non-hydrogen) atoms. The van der Waals surface area contributed by atoms with Crippen LogP contribution >= 0.6 is 0 Å². The second-order valence-electron chi connectivity index (χ2n) is 2.83. The maximum Gasteiger partial charge on any atom is 0.334 e. The number of esters is 1. The number of rotatable bonds is 4. The van der Waals surface area contributed by atoms with Gasteiger partial charge >= 0.3 is 5.97 Å². The third kappa shape index (κ3) is 3.14. The van der Waals surface area contributed by atoms with Crippen LogP contribution in [0.4, 0.5) is 0 Å². The first kappa shape index (κ1) is 10.7. The summed E-state index contributed by atoms with van der Waals surface area (Å²) in [5.41, 5.74) is 0.982. The Kier molecular flexibility index (Phi) is 4.07. The molecule has 0 saturated carbocycles. The third-order valence-corrected chi connectivity index (χ3v) is 1.78. The summed E-state index contributed by atoms with van der Waals surface area (Å²) in [6.07, 6.45) is 2.83. The molecule has 1 aromatic heterocycles. The van der Waals surface area contributed by atoms with Crippen LogP contribution in [0.2, 0.25) is 0 Å². The zero-order valence-corrected chi connectivity index (χ0v) is 8.27. The molecule has 1 atom stereocenters. The summed E-state index contributed by atoms with van der Waals surface area (Å²) in [6.45, 7) is 2.05. The molecule has 1 heterocycles. The minimum Gasteiger partial charge on any atom is -0.467 e. The van der Waals surface area contributed by atoms with Gasteiger partial charge in [-0.2, -0.15) is 0 Å². The number of hydrogen-bond donors (Lipinski definition) is 0. The number of ether oxygens (including phenoxy) is 2. The van der Waals surface area contributed by atoms with E-state index in [0.29, 0.717) is 6.61 Å². The van der Waals surface area contributed by atoms with Crippen molar-refractivity contribution in [3.63, 3.8) is 0 Å². The SMILES string of the molecule is COC(=O)[C@@H](C)OCc1ccncc1. The molecule has 0 bridgehead atoms. The molecule has 0 fully saturated rings. The third-order valence-electron chi connectivity index (χ3n) is 1.78. The molecule has 76 valence electrons. The molecule has 0 aliphatic carbocycles. The number of pyridine rings is 1. The summed E-state index contributed by atoms with van der Waals surface area (Å²) in [5.74, 6) is -0.362. The van der Waals surface area contributed by atoms with Crippen LogP contribution in [0.3, 0.4) is 0 Å². The van der Waals surface area contributed by atoms with E-state index in [4.69, 9.17) is 4.74 Å². The fourth-order valence-corrected chi connectivity index (χ4v) is 0.934. The highest BCUT2D eigenvalue weighted by Crippen LogP contribution is 2.02. The molecule has 0 aliphatic rings. The van der Waals surface area contributed by atoms with Gasteiger partial charge in [0.05, 0.1) is 13.7 Å². The van der Waals surface area contributed by atoms with Crippen molar-refractivity contribution in [2.75, 3.05) is 7.11 Å². The van der Waals surface area contributed by atoms with Gasteiger partial charge in [0.2, 0.25) is 0 Å². The van der Waals surface area contributed by atoms with E-state index < -0.39 is 6.10 Å². The van der Waals surface area contributed by atoms with Gasteiger partial charge in [-0.05, 0) is 24.6 Å². The molecule has 0 amide bonds. The number of carbonyl (C=O) groups excluding carboxylic acids is 1. The first-order valence-corrected chi connectivity index (χ1v) is 4.32. The smallest absolute Gasteiger partial charge is 0.334 e. The monoisotopic (exact) mass is 195 g/mol. The van der Waals surface area contributed by atoms with Crippen LogP contribution in [-0.2, 0) is 20.9 Å². The highest BCUT2D eigenvalue weighted by Gasteiger charge is 2.12. The zero-order chi connectivity index (χ0) is 10.4. The predicted octanol–water partition coefficient (Wildman–Crippen LogP) is 1.16. The quantitative estimate of drug-likeness (QED) is 0.676. The van der Waals surface area contributed by atoms with Gasteiger partial charge in [0.25, 0.3) is 0 Å². The second-order valence-corrected chi connectivity index (χ2v) is 2.83. The van der Waals surface area contributed by atoms with Crippen LogP contribution in [0.25, 0.3) is 0 Å². The van der Waals surface area contributed by atoms with E-state index in [-0.39, 0.29) is 5.97 Å². The topological polar surface area (TPSA) is 48.4 Å². The number of carbonyl (C=O) groups is 1. The first-order chi connectivity index (χ1) is 6.74. The van der Waals surface area contributed by atoms with Gasteiger partial charge in [0.1, 0.15) is 0 Å². The van der Waals surface area contributed by atoms with E-state index in [1.165, 1.54) is 7.11 Å². The largest absolute Gasteiger partial charge is 0.467 e. The highest BCUT2D eigenvalue weighted by molar-refractivity contribution is 5.73. The van der Waals surface area contributed by atoms with E-state index >= 15 is 0 Å². The van der Waals surface area contributed by atoms with Crippen LogP contribution in [0.5, 0.6) is 0 Å². The van der Waals surface area contributed by atoms with Crippen molar-refractivity contribution < 1.29 is 14.3 Å². The van der Waals surface area contributed by atoms with Crippen LogP contribution in [0, 0.1) is 0 Å². The maximum atomic E-state index is 11.0. The molecule has 1 rings (SSSR count). The van der Waals surface area contributed by atoms with Crippen molar-refractivity contribution in [1.82, 2.24) is 4.98 Å². The van der Waals surface area contributed by atoms with Gasteiger partial charge in [0.15, 0.2) is 6.10 Å². The van der Waals surface area contributed by atoms with Crippen LogP contribution in [-0.4, -0.2) is 24.2 Å². The fraction of sp³-hybridized carbons (Fsp3) is 0.400. The van der Waals surface area contributed by atoms with E-state index in [1.54, 1.807) is 19.3 Å². The Bertz CT molecular complexity index is 287. The Hall–Kier alpha value is -1.42. The number of methoxy groups -OCH3 is 1. The molecule has 0 aliphatic heterocycles. The van der Waals surface area contributed by atoms with Gasteiger partial charge in [-0.1, -0.05) is 0 Å². The van der Waals surface area contributed by atoms with Gasteiger partial charge in [-0.15, -0.1) is 0 Å². The predicted molar refractivity (Wildman–Crippen MR) is 50.5 cm³/mol. The van der Waals surface area contributed by atoms with E-state index in [2.05, 4.69) is 9.72 Å². The number of aromatic nitrogens is 1. The average molecular weight is 195 g/mol. The lowest BCUT2D eigenvalue weighted by Gasteiger charge is -2.10.